The molecular weight excluding hydrogens is 250 g/mol. The Morgan fingerprint density at radius 1 is 1.20 bits per heavy atom. The molecule has 0 atom stereocenters. The zero-order valence-corrected chi connectivity index (χ0v) is 11.8. The molecule has 1 aromatic heterocycles. The van der Waals surface area contributed by atoms with Gasteiger partial charge in [0.25, 0.3) is 5.91 Å². The summed E-state index contributed by atoms with van der Waals surface area (Å²) in [5.41, 5.74) is 7.34. The smallest absolute Gasteiger partial charge is 0.258 e. The quantitative estimate of drug-likeness (QED) is 0.928. The van der Waals surface area contributed by atoms with Crippen LogP contribution in [0.3, 0.4) is 0 Å². The number of carbonyl (C=O) groups is 1. The molecule has 0 fully saturated rings. The number of hydrogen-bond acceptors (Lipinski definition) is 3. The lowest BCUT2D eigenvalue weighted by atomic mass is 10.1. The maximum Gasteiger partial charge on any atom is 0.258 e. The second kappa shape index (κ2) is 6.19. The van der Waals surface area contributed by atoms with Gasteiger partial charge in [0.05, 0.1) is 5.56 Å². The van der Waals surface area contributed by atoms with Crippen LogP contribution in [-0.2, 0) is 6.54 Å². The second-order valence-corrected chi connectivity index (χ2v) is 4.95. The van der Waals surface area contributed by atoms with Gasteiger partial charge >= 0.3 is 0 Å². The molecule has 104 valence electrons. The Balaban J connectivity index is 2.25. The van der Waals surface area contributed by atoms with Crippen LogP contribution in [-0.4, -0.2) is 21.8 Å². The van der Waals surface area contributed by atoms with E-state index >= 15 is 0 Å². The third-order valence-electron chi connectivity index (χ3n) is 3.15. The summed E-state index contributed by atoms with van der Waals surface area (Å²) in [7, 11) is 0. The van der Waals surface area contributed by atoms with E-state index in [2.05, 4.69) is 4.98 Å². The molecule has 0 spiro atoms. The number of aromatic nitrogens is 1. The van der Waals surface area contributed by atoms with Crippen molar-refractivity contribution < 1.29 is 4.79 Å². The molecule has 0 saturated heterocycles. The molecule has 0 aliphatic carbocycles. The van der Waals surface area contributed by atoms with Gasteiger partial charge in [0.1, 0.15) is 5.82 Å². The van der Waals surface area contributed by atoms with Gasteiger partial charge in [-0.3, -0.25) is 4.79 Å². The third-order valence-corrected chi connectivity index (χ3v) is 3.15. The molecule has 0 bridgehead atoms. The Hall–Kier alpha value is -2.36. The number of nitrogens with zero attached hydrogens (tertiary/aromatic N) is 2. The lowest BCUT2D eigenvalue weighted by Crippen LogP contribution is -2.36. The van der Waals surface area contributed by atoms with E-state index in [1.165, 1.54) is 0 Å². The van der Waals surface area contributed by atoms with Crippen molar-refractivity contribution in [3.8, 4) is 0 Å². The second-order valence-electron chi connectivity index (χ2n) is 4.95. The first-order chi connectivity index (χ1) is 9.59. The molecule has 2 rings (SSSR count). The first-order valence-corrected chi connectivity index (χ1v) is 6.65. The van der Waals surface area contributed by atoms with Crippen LogP contribution in [0.25, 0.3) is 0 Å². The average Bonchev–Trinajstić information content (AvgIpc) is 2.45. The first kappa shape index (κ1) is 14.1. The van der Waals surface area contributed by atoms with Crippen LogP contribution in [0, 0.1) is 0 Å². The van der Waals surface area contributed by atoms with E-state index < -0.39 is 0 Å². The summed E-state index contributed by atoms with van der Waals surface area (Å²) in [6.07, 6.45) is 1.59. The molecule has 0 aliphatic heterocycles. The Labute approximate surface area is 119 Å². The fourth-order valence-corrected chi connectivity index (χ4v) is 2.02. The van der Waals surface area contributed by atoms with Crippen molar-refractivity contribution in [2.75, 3.05) is 5.73 Å². The maximum absolute atomic E-state index is 12.6. The number of carbonyl (C=O) groups excluding carboxylic acids is 1. The highest BCUT2D eigenvalue weighted by molar-refractivity contribution is 5.98. The van der Waals surface area contributed by atoms with Gasteiger partial charge in [-0.05, 0) is 31.5 Å². The summed E-state index contributed by atoms with van der Waals surface area (Å²) in [6, 6.07) is 13.4. The SMILES string of the molecule is CC(C)N(Cc1ccccc1)C(=O)c1cccnc1N. The predicted molar refractivity (Wildman–Crippen MR) is 80.1 cm³/mol. The lowest BCUT2D eigenvalue weighted by molar-refractivity contribution is 0.0691. The van der Waals surface area contributed by atoms with E-state index in [1.54, 1.807) is 23.2 Å². The highest BCUT2D eigenvalue weighted by atomic mass is 16.2. The summed E-state index contributed by atoms with van der Waals surface area (Å²) < 4.78 is 0. The van der Waals surface area contributed by atoms with Gasteiger partial charge in [-0.25, -0.2) is 4.98 Å². The van der Waals surface area contributed by atoms with Crippen LogP contribution in [0.1, 0.15) is 29.8 Å². The van der Waals surface area contributed by atoms with Gasteiger partial charge < -0.3 is 10.6 Å². The normalized spacial score (nSPS) is 10.6. The predicted octanol–water partition coefficient (Wildman–Crippen LogP) is 2.71. The van der Waals surface area contributed by atoms with Gasteiger partial charge in [-0.15, -0.1) is 0 Å². The number of pyridine rings is 1. The van der Waals surface area contributed by atoms with E-state index in [9.17, 15) is 4.79 Å². The molecule has 0 radical (unpaired) electrons. The highest BCUT2D eigenvalue weighted by Crippen LogP contribution is 2.16. The summed E-state index contributed by atoms with van der Waals surface area (Å²) >= 11 is 0. The lowest BCUT2D eigenvalue weighted by Gasteiger charge is -2.27. The molecule has 0 saturated carbocycles. The van der Waals surface area contributed by atoms with Crippen LogP contribution in [0.5, 0.6) is 0 Å². The monoisotopic (exact) mass is 269 g/mol. The van der Waals surface area contributed by atoms with Crippen LogP contribution in [0.2, 0.25) is 0 Å². The molecule has 1 aromatic carbocycles. The molecule has 4 nitrogen and oxygen atoms in total. The number of benzene rings is 1. The van der Waals surface area contributed by atoms with Gasteiger partial charge in [-0.2, -0.15) is 0 Å². The number of anilines is 1. The van der Waals surface area contributed by atoms with Crippen molar-refractivity contribution in [3.63, 3.8) is 0 Å². The fraction of sp³-hybridized carbons (Fsp3) is 0.250. The number of amides is 1. The molecule has 1 heterocycles. The minimum Gasteiger partial charge on any atom is -0.383 e. The zero-order chi connectivity index (χ0) is 14.5. The van der Waals surface area contributed by atoms with Crippen molar-refractivity contribution in [1.82, 2.24) is 9.88 Å². The van der Waals surface area contributed by atoms with Gasteiger partial charge in [-0.1, -0.05) is 30.3 Å². The summed E-state index contributed by atoms with van der Waals surface area (Å²) in [4.78, 5) is 18.4. The zero-order valence-electron chi connectivity index (χ0n) is 11.8. The maximum atomic E-state index is 12.6. The average molecular weight is 269 g/mol. The van der Waals surface area contributed by atoms with E-state index in [-0.39, 0.29) is 17.8 Å². The van der Waals surface area contributed by atoms with Crippen molar-refractivity contribution in [1.29, 1.82) is 0 Å². The molecule has 0 aliphatic rings. The first-order valence-electron chi connectivity index (χ1n) is 6.65. The Kier molecular flexibility index (Phi) is 4.35. The van der Waals surface area contributed by atoms with Crippen molar-refractivity contribution >= 4 is 11.7 Å². The van der Waals surface area contributed by atoms with Gasteiger partial charge in [0.2, 0.25) is 0 Å². The third kappa shape index (κ3) is 3.15. The van der Waals surface area contributed by atoms with Crippen LogP contribution in [0.4, 0.5) is 5.82 Å². The number of nitrogen functional groups attached to an aromatic ring is 1. The fourth-order valence-electron chi connectivity index (χ4n) is 2.02. The largest absolute Gasteiger partial charge is 0.383 e. The van der Waals surface area contributed by atoms with Crippen LogP contribution < -0.4 is 5.73 Å². The molecule has 4 heteroatoms. The van der Waals surface area contributed by atoms with Crippen LogP contribution >= 0.6 is 0 Å². The minimum absolute atomic E-state index is 0.0855. The molecule has 2 N–H and O–H groups in total. The highest BCUT2D eigenvalue weighted by Gasteiger charge is 2.21. The molecule has 2 aromatic rings. The van der Waals surface area contributed by atoms with Crippen molar-refractivity contribution in [3.05, 3.63) is 59.8 Å². The molecule has 20 heavy (non-hydrogen) atoms. The topological polar surface area (TPSA) is 59.2 Å². The van der Waals surface area contributed by atoms with E-state index in [0.717, 1.165) is 5.56 Å². The summed E-state index contributed by atoms with van der Waals surface area (Å²) in [6.45, 7) is 4.55. The Morgan fingerprint density at radius 2 is 1.90 bits per heavy atom. The molecule has 1 amide bonds. The number of rotatable bonds is 4. The van der Waals surface area contributed by atoms with Gasteiger partial charge in [0, 0.05) is 18.8 Å². The van der Waals surface area contributed by atoms with E-state index in [1.807, 2.05) is 44.2 Å². The summed E-state index contributed by atoms with van der Waals surface area (Å²) in [5.74, 6) is 0.186. The van der Waals surface area contributed by atoms with Crippen molar-refractivity contribution in [2.24, 2.45) is 0 Å². The van der Waals surface area contributed by atoms with Crippen molar-refractivity contribution in [2.45, 2.75) is 26.4 Å². The standard InChI is InChI=1S/C16H19N3O/c1-12(2)19(11-13-7-4-3-5-8-13)16(20)14-9-6-10-18-15(14)17/h3-10,12H,11H2,1-2H3,(H2,17,18). The van der Waals surface area contributed by atoms with E-state index in [4.69, 9.17) is 5.73 Å². The number of hydrogen-bond donors (Lipinski definition) is 1. The van der Waals surface area contributed by atoms with E-state index in [0.29, 0.717) is 12.1 Å². The Morgan fingerprint density at radius 3 is 2.50 bits per heavy atom. The molecular formula is C16H19N3O. The Bertz CT molecular complexity index is 581. The molecule has 0 unspecified atom stereocenters. The summed E-state index contributed by atoms with van der Waals surface area (Å²) in [5, 5.41) is 0. The number of nitrogens with two attached hydrogens (primary N) is 1. The minimum atomic E-state index is -0.0885. The van der Waals surface area contributed by atoms with Gasteiger partial charge in [0.15, 0.2) is 0 Å². The van der Waals surface area contributed by atoms with Crippen LogP contribution in [0.15, 0.2) is 48.7 Å².